The molecule has 5 nitrogen and oxygen atoms in total. The number of anilines is 1. The van der Waals surface area contributed by atoms with Crippen molar-refractivity contribution >= 4 is 5.95 Å². The number of nitrogens with one attached hydrogen (secondary N) is 1. The van der Waals surface area contributed by atoms with Crippen LogP contribution >= 0.6 is 0 Å². The largest absolute Gasteiger partial charge is 0.487 e. The molecule has 5 heteroatoms. The van der Waals surface area contributed by atoms with Gasteiger partial charge in [0.2, 0.25) is 5.95 Å². The molecule has 2 aliphatic rings. The van der Waals surface area contributed by atoms with Gasteiger partial charge in [-0.25, -0.2) is 9.97 Å². The minimum absolute atomic E-state index is 0.0925. The van der Waals surface area contributed by atoms with Gasteiger partial charge in [0.15, 0.2) is 0 Å². The molecule has 1 aromatic heterocycles. The molecular formula is C21H28N4O. The van der Waals surface area contributed by atoms with Crippen molar-refractivity contribution in [2.75, 3.05) is 18.0 Å². The van der Waals surface area contributed by atoms with Crippen LogP contribution in [0.3, 0.4) is 0 Å². The Labute approximate surface area is 155 Å². The first kappa shape index (κ1) is 17.3. The van der Waals surface area contributed by atoms with Crippen LogP contribution in [0.2, 0.25) is 0 Å². The van der Waals surface area contributed by atoms with Crippen LogP contribution in [-0.4, -0.2) is 34.7 Å². The zero-order valence-electron chi connectivity index (χ0n) is 15.7. The summed E-state index contributed by atoms with van der Waals surface area (Å²) in [6.07, 6.45) is 7.78. The highest BCUT2D eigenvalue weighted by atomic mass is 16.5. The number of aromatic nitrogens is 2. The van der Waals surface area contributed by atoms with Gasteiger partial charge in [-0.3, -0.25) is 0 Å². The average molecular weight is 352 g/mol. The molecule has 2 atom stereocenters. The molecule has 3 heterocycles. The van der Waals surface area contributed by atoms with Crippen LogP contribution in [0.5, 0.6) is 5.75 Å². The Hall–Kier alpha value is -2.14. The summed E-state index contributed by atoms with van der Waals surface area (Å²) >= 11 is 0. The van der Waals surface area contributed by atoms with Crippen LogP contribution in [0.15, 0.2) is 42.7 Å². The number of benzene rings is 1. The summed E-state index contributed by atoms with van der Waals surface area (Å²) in [6.45, 7) is 6.36. The van der Waals surface area contributed by atoms with Crippen LogP contribution in [0, 0.1) is 0 Å². The molecule has 1 saturated heterocycles. The highest BCUT2D eigenvalue weighted by Gasteiger charge is 2.43. The molecule has 2 aliphatic heterocycles. The second-order valence-corrected chi connectivity index (χ2v) is 7.59. The zero-order chi connectivity index (χ0) is 18.0. The van der Waals surface area contributed by atoms with Gasteiger partial charge >= 0.3 is 0 Å². The number of fused-ring (bicyclic) bond motifs is 1. The van der Waals surface area contributed by atoms with Crippen molar-refractivity contribution in [1.29, 1.82) is 0 Å². The predicted octanol–water partition coefficient (Wildman–Crippen LogP) is 3.73. The van der Waals surface area contributed by atoms with Crippen LogP contribution in [0.25, 0.3) is 0 Å². The lowest BCUT2D eigenvalue weighted by atomic mass is 9.80. The fourth-order valence-corrected chi connectivity index (χ4v) is 4.10. The third-order valence-corrected chi connectivity index (χ3v) is 5.80. The van der Waals surface area contributed by atoms with Gasteiger partial charge in [-0.05, 0) is 25.5 Å². The van der Waals surface area contributed by atoms with Crippen LogP contribution in [0.4, 0.5) is 5.95 Å². The summed E-state index contributed by atoms with van der Waals surface area (Å²) < 4.78 is 6.58. The van der Waals surface area contributed by atoms with E-state index in [-0.39, 0.29) is 5.60 Å². The van der Waals surface area contributed by atoms with E-state index >= 15 is 0 Å². The fourth-order valence-electron chi connectivity index (χ4n) is 4.10. The van der Waals surface area contributed by atoms with Gasteiger partial charge in [0.25, 0.3) is 0 Å². The van der Waals surface area contributed by atoms with Gasteiger partial charge in [-0.1, -0.05) is 25.1 Å². The number of piperidine rings is 1. The van der Waals surface area contributed by atoms with Gasteiger partial charge in [0, 0.05) is 62.4 Å². The fraction of sp³-hybridized carbons (Fsp3) is 0.524. The molecule has 1 fully saturated rings. The average Bonchev–Trinajstić information content (AvgIpc) is 2.69. The zero-order valence-corrected chi connectivity index (χ0v) is 15.7. The molecule has 1 N–H and O–H groups in total. The maximum absolute atomic E-state index is 6.58. The van der Waals surface area contributed by atoms with Crippen molar-refractivity contribution in [1.82, 2.24) is 15.3 Å². The Morgan fingerprint density at radius 2 is 1.92 bits per heavy atom. The molecule has 138 valence electrons. The highest BCUT2D eigenvalue weighted by Crippen LogP contribution is 2.44. The van der Waals surface area contributed by atoms with Crippen molar-refractivity contribution in [3.8, 4) is 5.75 Å². The number of hydrogen-bond donors (Lipinski definition) is 1. The summed E-state index contributed by atoms with van der Waals surface area (Å²) in [5.74, 6) is 1.87. The lowest BCUT2D eigenvalue weighted by Gasteiger charge is -2.47. The van der Waals surface area contributed by atoms with E-state index in [1.165, 1.54) is 5.56 Å². The van der Waals surface area contributed by atoms with Crippen molar-refractivity contribution in [2.45, 2.75) is 57.2 Å². The highest BCUT2D eigenvalue weighted by molar-refractivity contribution is 5.40. The summed E-state index contributed by atoms with van der Waals surface area (Å²) in [7, 11) is 0. The van der Waals surface area contributed by atoms with Gasteiger partial charge < -0.3 is 15.0 Å². The number of para-hydroxylation sites is 1. The summed E-state index contributed by atoms with van der Waals surface area (Å²) in [5, 5.41) is 3.82. The molecule has 0 aliphatic carbocycles. The van der Waals surface area contributed by atoms with Crippen LogP contribution in [0.1, 0.15) is 51.1 Å². The molecule has 0 bridgehead atoms. The van der Waals surface area contributed by atoms with E-state index in [0.29, 0.717) is 12.1 Å². The third kappa shape index (κ3) is 3.40. The summed E-state index contributed by atoms with van der Waals surface area (Å²) in [4.78, 5) is 11.1. The quantitative estimate of drug-likeness (QED) is 0.909. The molecule has 4 rings (SSSR count). The molecule has 0 radical (unpaired) electrons. The van der Waals surface area contributed by atoms with E-state index in [1.807, 2.05) is 18.5 Å². The standard InChI is InChI=1S/C21H28N4O/c1-3-16(2)24-18-15-21(26-19-8-5-4-7-17(18)19)9-13-25(14-10-21)20-22-11-6-12-23-20/h4-8,11-12,16,18,24H,3,9-10,13-15H2,1-2H3/t16-,18-/m0/s1. The smallest absolute Gasteiger partial charge is 0.225 e. The van der Waals surface area contributed by atoms with Crippen LogP contribution < -0.4 is 15.0 Å². The Balaban J connectivity index is 1.53. The number of nitrogens with zero attached hydrogens (tertiary/aromatic N) is 3. The van der Waals surface area contributed by atoms with Gasteiger partial charge in [-0.15, -0.1) is 0 Å². The first-order valence-corrected chi connectivity index (χ1v) is 9.75. The Bertz CT molecular complexity index is 728. The first-order valence-electron chi connectivity index (χ1n) is 9.75. The van der Waals surface area contributed by atoms with Crippen molar-refractivity contribution in [3.63, 3.8) is 0 Å². The second kappa shape index (κ2) is 7.23. The molecular weight excluding hydrogens is 324 g/mol. The number of hydrogen-bond acceptors (Lipinski definition) is 5. The minimum Gasteiger partial charge on any atom is -0.487 e. The maximum atomic E-state index is 6.58. The van der Waals surface area contributed by atoms with Gasteiger partial charge in [0.05, 0.1) is 0 Å². The molecule has 1 spiro atoms. The van der Waals surface area contributed by atoms with E-state index in [0.717, 1.165) is 50.5 Å². The number of ether oxygens (including phenoxy) is 1. The van der Waals surface area contributed by atoms with E-state index in [2.05, 4.69) is 58.3 Å². The van der Waals surface area contributed by atoms with Gasteiger partial charge in [-0.2, -0.15) is 0 Å². The van der Waals surface area contributed by atoms with E-state index < -0.39 is 0 Å². The second-order valence-electron chi connectivity index (χ2n) is 7.59. The normalized spacial score (nSPS) is 22.5. The first-order chi connectivity index (χ1) is 12.7. The molecule has 0 saturated carbocycles. The molecule has 1 aromatic carbocycles. The van der Waals surface area contributed by atoms with E-state index in [9.17, 15) is 0 Å². The van der Waals surface area contributed by atoms with Crippen LogP contribution in [-0.2, 0) is 0 Å². The summed E-state index contributed by atoms with van der Waals surface area (Å²) in [6, 6.07) is 11.2. The summed E-state index contributed by atoms with van der Waals surface area (Å²) in [5.41, 5.74) is 1.21. The molecule has 2 aromatic rings. The monoisotopic (exact) mass is 352 g/mol. The SMILES string of the molecule is CC[C@H](C)N[C@H]1CC2(CCN(c3ncccn3)CC2)Oc2ccccc21. The maximum Gasteiger partial charge on any atom is 0.225 e. The van der Waals surface area contributed by atoms with Crippen molar-refractivity contribution in [2.24, 2.45) is 0 Å². The van der Waals surface area contributed by atoms with Gasteiger partial charge in [0.1, 0.15) is 11.4 Å². The number of rotatable bonds is 4. The lowest BCUT2D eigenvalue weighted by Crippen LogP contribution is -2.52. The predicted molar refractivity (Wildman–Crippen MR) is 104 cm³/mol. The lowest BCUT2D eigenvalue weighted by molar-refractivity contribution is 0.00674. The van der Waals surface area contributed by atoms with Crippen molar-refractivity contribution < 1.29 is 4.74 Å². The Morgan fingerprint density at radius 1 is 1.19 bits per heavy atom. The Morgan fingerprint density at radius 3 is 2.65 bits per heavy atom. The molecule has 26 heavy (non-hydrogen) atoms. The minimum atomic E-state index is -0.0925. The van der Waals surface area contributed by atoms with Crippen molar-refractivity contribution in [3.05, 3.63) is 48.3 Å². The topological polar surface area (TPSA) is 50.3 Å². The van der Waals surface area contributed by atoms with E-state index in [4.69, 9.17) is 4.74 Å². The molecule has 0 amide bonds. The Kier molecular flexibility index (Phi) is 4.81. The molecule has 0 unspecified atom stereocenters. The van der Waals surface area contributed by atoms with E-state index in [1.54, 1.807) is 0 Å². The third-order valence-electron chi connectivity index (χ3n) is 5.80.